The van der Waals surface area contributed by atoms with E-state index in [2.05, 4.69) is 23.6 Å². The number of carbonyl (C=O) groups is 1. The summed E-state index contributed by atoms with van der Waals surface area (Å²) in [7, 11) is 0. The van der Waals surface area contributed by atoms with E-state index >= 15 is 0 Å². The number of nitrogens with zero attached hydrogens (tertiary/aromatic N) is 1. The second-order valence-corrected chi connectivity index (χ2v) is 4.78. The molecule has 0 bridgehead atoms. The Balaban J connectivity index is 2.15. The molecule has 1 aliphatic heterocycles. The molecule has 18 heavy (non-hydrogen) atoms. The van der Waals surface area contributed by atoms with Crippen LogP contribution in [0, 0.1) is 5.92 Å². The first-order valence-electron chi connectivity index (χ1n) is 6.35. The van der Waals surface area contributed by atoms with Crippen molar-refractivity contribution >= 4 is 5.97 Å². The van der Waals surface area contributed by atoms with Gasteiger partial charge in [-0.3, -0.25) is 9.69 Å². The molecule has 1 aromatic rings. The first-order valence-corrected chi connectivity index (χ1v) is 6.35. The average molecular weight is 245 g/mol. The molecule has 3 nitrogen and oxygen atoms in total. The lowest BCUT2D eigenvalue weighted by molar-refractivity contribution is -0.144. The molecule has 1 saturated heterocycles. The first kappa shape index (κ1) is 12.8. The fourth-order valence-electron chi connectivity index (χ4n) is 2.67. The molecule has 1 heterocycles. The maximum Gasteiger partial charge on any atom is 0.307 e. The van der Waals surface area contributed by atoms with E-state index in [1.54, 1.807) is 0 Å². The highest BCUT2D eigenvalue weighted by molar-refractivity contribution is 5.70. The lowest BCUT2D eigenvalue weighted by Crippen LogP contribution is -2.40. The second kappa shape index (κ2) is 5.83. The van der Waals surface area contributed by atoms with Crippen molar-refractivity contribution in [1.29, 1.82) is 0 Å². The van der Waals surface area contributed by atoms with E-state index < -0.39 is 5.97 Å². The summed E-state index contributed by atoms with van der Waals surface area (Å²) in [6.45, 7) is 5.12. The highest BCUT2D eigenvalue weighted by atomic mass is 16.4. The molecule has 0 radical (unpaired) electrons. The molecular formula is C15H19NO2. The molecule has 0 aromatic heterocycles. The third-order valence-electron chi connectivity index (χ3n) is 3.58. The number of hydrogen-bond donors (Lipinski definition) is 1. The van der Waals surface area contributed by atoms with Gasteiger partial charge in [0, 0.05) is 19.1 Å². The minimum absolute atomic E-state index is 0.245. The maximum atomic E-state index is 11.1. The molecule has 0 aliphatic carbocycles. The van der Waals surface area contributed by atoms with Crippen molar-refractivity contribution in [3.8, 4) is 0 Å². The number of aliphatic carboxylic acids is 1. The van der Waals surface area contributed by atoms with Crippen LogP contribution in [0.4, 0.5) is 0 Å². The normalized spacial score (nSPS) is 24.7. The van der Waals surface area contributed by atoms with E-state index in [9.17, 15) is 4.79 Å². The molecule has 96 valence electrons. The summed E-state index contributed by atoms with van der Waals surface area (Å²) in [5.74, 6) is -0.930. The van der Waals surface area contributed by atoms with Gasteiger partial charge >= 0.3 is 5.97 Å². The lowest BCUT2D eigenvalue weighted by atomic mass is 9.89. The fourth-order valence-corrected chi connectivity index (χ4v) is 2.67. The second-order valence-electron chi connectivity index (χ2n) is 4.78. The Morgan fingerprint density at radius 3 is 2.72 bits per heavy atom. The fraction of sp³-hybridized carbons (Fsp3) is 0.400. The minimum atomic E-state index is -0.685. The van der Waals surface area contributed by atoms with Crippen LogP contribution >= 0.6 is 0 Å². The molecule has 2 rings (SSSR count). The van der Waals surface area contributed by atoms with Crippen LogP contribution in [0.1, 0.15) is 24.4 Å². The summed E-state index contributed by atoms with van der Waals surface area (Å²) < 4.78 is 0. The number of carboxylic acid groups (broad SMARTS) is 1. The summed E-state index contributed by atoms with van der Waals surface area (Å²) in [5.41, 5.74) is 1.27. The van der Waals surface area contributed by atoms with Crippen molar-refractivity contribution in [3.05, 3.63) is 48.6 Å². The van der Waals surface area contributed by atoms with Gasteiger partial charge in [0.25, 0.3) is 0 Å². The maximum absolute atomic E-state index is 11.1. The smallest absolute Gasteiger partial charge is 0.307 e. The molecular weight excluding hydrogens is 226 g/mol. The zero-order valence-electron chi connectivity index (χ0n) is 10.5. The van der Waals surface area contributed by atoms with Gasteiger partial charge in [-0.2, -0.15) is 0 Å². The summed E-state index contributed by atoms with van der Waals surface area (Å²) in [6, 6.07) is 10.6. The number of likely N-dealkylation sites (tertiary alicyclic amines) is 1. The molecule has 1 aromatic carbocycles. The van der Waals surface area contributed by atoms with Crippen LogP contribution in [0.3, 0.4) is 0 Å². The number of benzene rings is 1. The molecule has 2 unspecified atom stereocenters. The van der Waals surface area contributed by atoms with Gasteiger partial charge in [0.05, 0.1) is 5.92 Å². The van der Waals surface area contributed by atoms with Crippen LogP contribution < -0.4 is 0 Å². The highest BCUT2D eigenvalue weighted by Crippen LogP contribution is 2.33. The number of carboxylic acids is 1. The number of hydrogen-bond acceptors (Lipinski definition) is 2. The van der Waals surface area contributed by atoms with Gasteiger partial charge in [0.15, 0.2) is 0 Å². The number of rotatable bonds is 4. The Morgan fingerprint density at radius 2 is 2.11 bits per heavy atom. The Bertz CT molecular complexity index is 416. The summed E-state index contributed by atoms with van der Waals surface area (Å²) in [4.78, 5) is 13.3. The summed E-state index contributed by atoms with van der Waals surface area (Å²) >= 11 is 0. The quantitative estimate of drug-likeness (QED) is 0.829. The van der Waals surface area contributed by atoms with Gasteiger partial charge in [0.1, 0.15) is 0 Å². The Kier molecular flexibility index (Phi) is 4.15. The van der Waals surface area contributed by atoms with E-state index in [4.69, 9.17) is 5.11 Å². The lowest BCUT2D eigenvalue weighted by Gasteiger charge is -2.38. The van der Waals surface area contributed by atoms with Gasteiger partial charge in [-0.25, -0.2) is 0 Å². The molecule has 2 atom stereocenters. The number of piperidine rings is 1. The highest BCUT2D eigenvalue weighted by Gasteiger charge is 2.31. The van der Waals surface area contributed by atoms with Crippen LogP contribution in [0.2, 0.25) is 0 Å². The van der Waals surface area contributed by atoms with Crippen molar-refractivity contribution in [2.24, 2.45) is 5.92 Å². The Morgan fingerprint density at radius 1 is 1.39 bits per heavy atom. The molecule has 0 amide bonds. The molecule has 3 heteroatoms. The predicted molar refractivity (Wildman–Crippen MR) is 71.3 cm³/mol. The predicted octanol–water partition coefficient (Wildman–Crippen LogP) is 2.71. The largest absolute Gasteiger partial charge is 0.481 e. The van der Waals surface area contributed by atoms with E-state index in [0.717, 1.165) is 19.4 Å². The van der Waals surface area contributed by atoms with Crippen LogP contribution in [0.5, 0.6) is 0 Å². The summed E-state index contributed by atoms with van der Waals surface area (Å²) in [5, 5.41) is 9.13. The standard InChI is InChI=1S/C15H19NO2/c1-2-10-16-11-13(15(17)18)8-9-14(16)12-6-4-3-5-7-12/h2-7,13-14H,1,8-11H2,(H,17,18). The van der Waals surface area contributed by atoms with Gasteiger partial charge in [-0.05, 0) is 18.4 Å². The molecule has 0 spiro atoms. The van der Waals surface area contributed by atoms with Gasteiger partial charge in [-0.15, -0.1) is 6.58 Å². The molecule has 0 saturated carbocycles. The van der Waals surface area contributed by atoms with Gasteiger partial charge < -0.3 is 5.11 Å². The first-order chi connectivity index (χ1) is 8.72. The molecule has 1 fully saturated rings. The zero-order valence-corrected chi connectivity index (χ0v) is 10.5. The van der Waals surface area contributed by atoms with E-state index in [-0.39, 0.29) is 5.92 Å². The van der Waals surface area contributed by atoms with Gasteiger partial charge in [-0.1, -0.05) is 36.4 Å². The van der Waals surface area contributed by atoms with Crippen molar-refractivity contribution < 1.29 is 9.90 Å². The third kappa shape index (κ3) is 2.79. The third-order valence-corrected chi connectivity index (χ3v) is 3.58. The van der Waals surface area contributed by atoms with Crippen LogP contribution in [0.15, 0.2) is 43.0 Å². The zero-order chi connectivity index (χ0) is 13.0. The Hall–Kier alpha value is -1.61. The van der Waals surface area contributed by atoms with Crippen molar-refractivity contribution in [2.45, 2.75) is 18.9 Å². The topological polar surface area (TPSA) is 40.5 Å². The average Bonchev–Trinajstić information content (AvgIpc) is 2.40. The SMILES string of the molecule is C=CCN1CC(C(=O)O)CCC1c1ccccc1. The van der Waals surface area contributed by atoms with Crippen molar-refractivity contribution in [2.75, 3.05) is 13.1 Å². The van der Waals surface area contributed by atoms with Crippen LogP contribution in [-0.2, 0) is 4.79 Å². The van der Waals surface area contributed by atoms with Crippen LogP contribution in [0.25, 0.3) is 0 Å². The minimum Gasteiger partial charge on any atom is -0.481 e. The van der Waals surface area contributed by atoms with E-state index in [1.165, 1.54) is 5.56 Å². The van der Waals surface area contributed by atoms with Crippen molar-refractivity contribution in [3.63, 3.8) is 0 Å². The monoisotopic (exact) mass is 245 g/mol. The summed E-state index contributed by atoms with van der Waals surface area (Å²) in [6.07, 6.45) is 3.50. The Labute approximate surface area is 108 Å². The molecule has 1 aliphatic rings. The van der Waals surface area contributed by atoms with Gasteiger partial charge in [0.2, 0.25) is 0 Å². The van der Waals surface area contributed by atoms with Crippen LogP contribution in [-0.4, -0.2) is 29.1 Å². The molecule has 1 N–H and O–H groups in total. The van der Waals surface area contributed by atoms with Crippen molar-refractivity contribution in [1.82, 2.24) is 4.90 Å². The van der Waals surface area contributed by atoms with E-state index in [0.29, 0.717) is 12.6 Å². The van der Waals surface area contributed by atoms with E-state index in [1.807, 2.05) is 24.3 Å².